The lowest BCUT2D eigenvalue weighted by molar-refractivity contribution is 0.242. The fourth-order valence-corrected chi connectivity index (χ4v) is 1.03. The smallest absolute Gasteiger partial charge is 0.119 e. The molecule has 0 spiro atoms. The molecule has 0 saturated carbocycles. The second kappa shape index (κ2) is 5.31. The predicted octanol–water partition coefficient (Wildman–Crippen LogP) is 1.82. The van der Waals surface area contributed by atoms with Crippen LogP contribution in [0.2, 0.25) is 0 Å². The maximum Gasteiger partial charge on any atom is 0.119 e. The number of rotatable bonds is 2. The summed E-state index contributed by atoms with van der Waals surface area (Å²) in [6, 6.07) is 7.50. The minimum absolute atomic E-state index is 0.107. The summed E-state index contributed by atoms with van der Waals surface area (Å²) in [6.07, 6.45) is 0.185. The topological polar surface area (TPSA) is 29.5 Å². The standard InChI is InChI=1S/C12H14O2/c1-10(2)14-12-7-5-11(6-8-12)4-3-9-13/h5-8,10,13H,9H2,1-2H3. The molecular weight excluding hydrogens is 176 g/mol. The van der Waals surface area contributed by atoms with Crippen LogP contribution in [-0.2, 0) is 0 Å². The molecule has 0 unspecified atom stereocenters. The average molecular weight is 190 g/mol. The molecule has 1 aromatic rings. The van der Waals surface area contributed by atoms with Gasteiger partial charge in [-0.05, 0) is 38.1 Å². The van der Waals surface area contributed by atoms with E-state index >= 15 is 0 Å². The van der Waals surface area contributed by atoms with Gasteiger partial charge in [-0.15, -0.1) is 0 Å². The first-order valence-electron chi connectivity index (χ1n) is 4.59. The normalized spacial score (nSPS) is 9.43. The largest absolute Gasteiger partial charge is 0.491 e. The van der Waals surface area contributed by atoms with E-state index in [-0.39, 0.29) is 12.7 Å². The van der Waals surface area contributed by atoms with E-state index in [1.807, 2.05) is 38.1 Å². The molecule has 1 aromatic carbocycles. The summed E-state index contributed by atoms with van der Waals surface area (Å²) in [6.45, 7) is 3.86. The average Bonchev–Trinajstić information content (AvgIpc) is 2.16. The van der Waals surface area contributed by atoms with Gasteiger partial charge in [0.1, 0.15) is 12.4 Å². The molecule has 0 radical (unpaired) electrons. The van der Waals surface area contributed by atoms with Crippen LogP contribution in [0.15, 0.2) is 24.3 Å². The fourth-order valence-electron chi connectivity index (χ4n) is 1.03. The van der Waals surface area contributed by atoms with Gasteiger partial charge in [0.05, 0.1) is 6.10 Å². The zero-order valence-electron chi connectivity index (χ0n) is 8.45. The third-order valence-corrected chi connectivity index (χ3v) is 1.54. The third-order valence-electron chi connectivity index (χ3n) is 1.54. The molecule has 1 rings (SSSR count). The highest BCUT2D eigenvalue weighted by Gasteiger charge is 1.95. The van der Waals surface area contributed by atoms with Crippen LogP contribution in [0.3, 0.4) is 0 Å². The van der Waals surface area contributed by atoms with E-state index in [1.165, 1.54) is 0 Å². The number of hydrogen-bond acceptors (Lipinski definition) is 2. The van der Waals surface area contributed by atoms with Gasteiger partial charge in [-0.25, -0.2) is 0 Å². The molecule has 74 valence electrons. The Hall–Kier alpha value is -1.46. The van der Waals surface area contributed by atoms with Gasteiger partial charge in [0, 0.05) is 5.56 Å². The van der Waals surface area contributed by atoms with Gasteiger partial charge >= 0.3 is 0 Å². The molecule has 0 heterocycles. The Morgan fingerprint density at radius 3 is 2.43 bits per heavy atom. The lowest BCUT2D eigenvalue weighted by atomic mass is 10.2. The van der Waals surface area contributed by atoms with E-state index in [0.717, 1.165) is 11.3 Å². The molecule has 0 atom stereocenters. The van der Waals surface area contributed by atoms with Crippen LogP contribution < -0.4 is 4.74 Å². The molecule has 1 N–H and O–H groups in total. The highest BCUT2D eigenvalue weighted by atomic mass is 16.5. The van der Waals surface area contributed by atoms with E-state index in [1.54, 1.807) is 0 Å². The summed E-state index contributed by atoms with van der Waals surface area (Å²) in [5.41, 5.74) is 0.884. The Morgan fingerprint density at radius 1 is 1.29 bits per heavy atom. The van der Waals surface area contributed by atoms with Crippen molar-refractivity contribution in [3.05, 3.63) is 29.8 Å². The quantitative estimate of drug-likeness (QED) is 0.721. The molecule has 14 heavy (non-hydrogen) atoms. The molecule has 2 nitrogen and oxygen atoms in total. The van der Waals surface area contributed by atoms with Gasteiger partial charge in [0.25, 0.3) is 0 Å². The zero-order chi connectivity index (χ0) is 10.4. The lowest BCUT2D eigenvalue weighted by Gasteiger charge is -2.08. The maximum absolute atomic E-state index is 8.50. The van der Waals surface area contributed by atoms with Gasteiger partial charge in [-0.1, -0.05) is 11.8 Å². The molecule has 0 aromatic heterocycles. The van der Waals surface area contributed by atoms with E-state index in [9.17, 15) is 0 Å². The second-order valence-corrected chi connectivity index (χ2v) is 3.15. The van der Waals surface area contributed by atoms with Crippen molar-refractivity contribution in [2.24, 2.45) is 0 Å². The predicted molar refractivity (Wildman–Crippen MR) is 56.2 cm³/mol. The second-order valence-electron chi connectivity index (χ2n) is 3.15. The highest BCUT2D eigenvalue weighted by molar-refractivity contribution is 5.38. The van der Waals surface area contributed by atoms with Crippen LogP contribution in [0.1, 0.15) is 19.4 Å². The van der Waals surface area contributed by atoms with E-state index in [2.05, 4.69) is 11.8 Å². The summed E-state index contributed by atoms with van der Waals surface area (Å²) in [5, 5.41) is 8.50. The van der Waals surface area contributed by atoms with E-state index < -0.39 is 0 Å². The summed E-state index contributed by atoms with van der Waals surface area (Å²) in [4.78, 5) is 0. The Balaban J connectivity index is 2.68. The van der Waals surface area contributed by atoms with Crippen molar-refractivity contribution >= 4 is 0 Å². The van der Waals surface area contributed by atoms with Crippen molar-refractivity contribution in [1.29, 1.82) is 0 Å². The molecular formula is C12H14O2. The third kappa shape index (κ3) is 3.51. The first-order chi connectivity index (χ1) is 6.72. The number of ether oxygens (including phenoxy) is 1. The Bertz CT molecular complexity index is 328. The number of hydrogen-bond donors (Lipinski definition) is 1. The zero-order valence-corrected chi connectivity index (χ0v) is 8.45. The van der Waals surface area contributed by atoms with Crippen LogP contribution >= 0.6 is 0 Å². The molecule has 2 heteroatoms. The van der Waals surface area contributed by atoms with Gasteiger partial charge < -0.3 is 9.84 Å². The highest BCUT2D eigenvalue weighted by Crippen LogP contribution is 2.12. The SMILES string of the molecule is CC(C)Oc1ccc(C#CCO)cc1. The van der Waals surface area contributed by atoms with Crippen molar-refractivity contribution in [2.75, 3.05) is 6.61 Å². The van der Waals surface area contributed by atoms with Crippen LogP contribution in [0.4, 0.5) is 0 Å². The summed E-state index contributed by atoms with van der Waals surface area (Å²) >= 11 is 0. The molecule has 0 bridgehead atoms. The summed E-state index contributed by atoms with van der Waals surface area (Å²) in [5.74, 6) is 6.25. The molecule has 0 aliphatic rings. The van der Waals surface area contributed by atoms with E-state index in [4.69, 9.17) is 9.84 Å². The molecule has 0 aliphatic carbocycles. The van der Waals surface area contributed by atoms with Crippen molar-refractivity contribution in [1.82, 2.24) is 0 Å². The van der Waals surface area contributed by atoms with Gasteiger partial charge in [-0.3, -0.25) is 0 Å². The number of aliphatic hydroxyl groups is 1. The van der Waals surface area contributed by atoms with E-state index in [0.29, 0.717) is 0 Å². The lowest BCUT2D eigenvalue weighted by Crippen LogP contribution is -2.05. The minimum Gasteiger partial charge on any atom is -0.491 e. The first kappa shape index (κ1) is 10.6. The van der Waals surface area contributed by atoms with Gasteiger partial charge in [0.2, 0.25) is 0 Å². The summed E-state index contributed by atoms with van der Waals surface area (Å²) < 4.78 is 5.48. The monoisotopic (exact) mass is 190 g/mol. The molecule has 0 fully saturated rings. The Kier molecular flexibility index (Phi) is 4.03. The number of aliphatic hydroxyl groups excluding tert-OH is 1. The van der Waals surface area contributed by atoms with Crippen LogP contribution in [0.5, 0.6) is 5.75 Å². The Labute approximate surface area is 84.5 Å². The number of benzene rings is 1. The van der Waals surface area contributed by atoms with Crippen LogP contribution in [0, 0.1) is 11.8 Å². The van der Waals surface area contributed by atoms with Crippen molar-refractivity contribution in [3.63, 3.8) is 0 Å². The molecule has 0 saturated heterocycles. The summed E-state index contributed by atoms with van der Waals surface area (Å²) in [7, 11) is 0. The minimum atomic E-state index is -0.107. The van der Waals surface area contributed by atoms with Gasteiger partial charge in [-0.2, -0.15) is 0 Å². The molecule has 0 aliphatic heterocycles. The Morgan fingerprint density at radius 2 is 1.93 bits per heavy atom. The maximum atomic E-state index is 8.50. The van der Waals surface area contributed by atoms with Crippen LogP contribution in [-0.4, -0.2) is 17.8 Å². The first-order valence-corrected chi connectivity index (χ1v) is 4.59. The van der Waals surface area contributed by atoms with Crippen molar-refractivity contribution in [3.8, 4) is 17.6 Å². The molecule has 0 amide bonds. The van der Waals surface area contributed by atoms with Gasteiger partial charge in [0.15, 0.2) is 0 Å². The van der Waals surface area contributed by atoms with Crippen LogP contribution in [0.25, 0.3) is 0 Å². The van der Waals surface area contributed by atoms with Crippen molar-refractivity contribution < 1.29 is 9.84 Å². The fraction of sp³-hybridized carbons (Fsp3) is 0.333. The van der Waals surface area contributed by atoms with Crippen molar-refractivity contribution in [2.45, 2.75) is 20.0 Å².